The Kier molecular flexibility index (Phi) is 2.73. The number of rotatable bonds is 2. The maximum atomic E-state index is 12.0. The summed E-state index contributed by atoms with van der Waals surface area (Å²) in [7, 11) is 0. The highest BCUT2D eigenvalue weighted by Gasteiger charge is 2.29. The maximum Gasteiger partial charge on any atom is 0.393 e. The molecule has 0 radical (unpaired) electrons. The van der Waals surface area contributed by atoms with Crippen molar-refractivity contribution in [3.8, 4) is 0 Å². The van der Waals surface area contributed by atoms with E-state index in [0.29, 0.717) is 0 Å². The Hall–Kier alpha value is -1.59. The Morgan fingerprint density at radius 3 is 2.64 bits per heavy atom. The molecule has 1 aromatic heterocycles. The summed E-state index contributed by atoms with van der Waals surface area (Å²) < 4.78 is 35.9. The Labute approximate surface area is 77.2 Å². The molecule has 0 bridgehead atoms. The van der Waals surface area contributed by atoms with Crippen molar-refractivity contribution in [3.05, 3.63) is 29.6 Å². The SMILES string of the molecule is O=C(O)c1cnccc1CC(F)(F)F. The van der Waals surface area contributed by atoms with Crippen molar-refractivity contribution in [2.24, 2.45) is 0 Å². The van der Waals surface area contributed by atoms with Crippen LogP contribution in [0.4, 0.5) is 13.2 Å². The van der Waals surface area contributed by atoms with Gasteiger partial charge in [-0.3, -0.25) is 4.98 Å². The summed E-state index contributed by atoms with van der Waals surface area (Å²) in [5.74, 6) is -1.41. The summed E-state index contributed by atoms with van der Waals surface area (Å²) >= 11 is 0. The van der Waals surface area contributed by atoms with E-state index in [1.165, 1.54) is 0 Å². The lowest BCUT2D eigenvalue weighted by Gasteiger charge is -2.07. The summed E-state index contributed by atoms with van der Waals surface area (Å²) in [5.41, 5.74) is -0.690. The molecule has 0 aliphatic carbocycles. The summed E-state index contributed by atoms with van der Waals surface area (Å²) in [5, 5.41) is 8.56. The molecule has 1 heterocycles. The number of hydrogen-bond donors (Lipinski definition) is 1. The quantitative estimate of drug-likeness (QED) is 0.801. The first-order valence-corrected chi connectivity index (χ1v) is 3.63. The number of alkyl halides is 3. The molecule has 76 valence electrons. The molecule has 0 amide bonds. The molecule has 1 rings (SSSR count). The van der Waals surface area contributed by atoms with Crippen LogP contribution in [0.25, 0.3) is 0 Å². The number of carbonyl (C=O) groups is 1. The van der Waals surface area contributed by atoms with Gasteiger partial charge in [-0.2, -0.15) is 13.2 Å². The third kappa shape index (κ3) is 2.72. The number of nitrogens with zero attached hydrogens (tertiary/aromatic N) is 1. The Morgan fingerprint density at radius 2 is 2.14 bits per heavy atom. The van der Waals surface area contributed by atoms with Crippen molar-refractivity contribution in [3.63, 3.8) is 0 Å². The molecule has 3 nitrogen and oxygen atoms in total. The van der Waals surface area contributed by atoms with Gasteiger partial charge in [0, 0.05) is 12.4 Å². The van der Waals surface area contributed by atoms with E-state index in [2.05, 4.69) is 4.98 Å². The predicted octanol–water partition coefficient (Wildman–Crippen LogP) is 1.88. The van der Waals surface area contributed by atoms with Crippen molar-refractivity contribution < 1.29 is 23.1 Å². The molecule has 0 aliphatic rings. The van der Waals surface area contributed by atoms with Crippen molar-refractivity contribution in [1.29, 1.82) is 0 Å². The van der Waals surface area contributed by atoms with Crippen molar-refractivity contribution in [2.45, 2.75) is 12.6 Å². The molecule has 0 unspecified atom stereocenters. The number of carboxylic acids is 1. The molecule has 0 atom stereocenters. The molecule has 0 fully saturated rings. The highest BCUT2D eigenvalue weighted by atomic mass is 19.4. The van der Waals surface area contributed by atoms with E-state index in [1.807, 2.05) is 0 Å². The lowest BCUT2D eigenvalue weighted by Crippen LogP contribution is -2.15. The van der Waals surface area contributed by atoms with Crippen molar-refractivity contribution in [2.75, 3.05) is 0 Å². The number of aromatic carboxylic acids is 1. The van der Waals surface area contributed by atoms with Gasteiger partial charge in [0.1, 0.15) is 0 Å². The fourth-order valence-electron chi connectivity index (χ4n) is 0.986. The molecule has 0 saturated heterocycles. The van der Waals surface area contributed by atoms with Gasteiger partial charge in [-0.25, -0.2) is 4.79 Å². The first kappa shape index (κ1) is 10.5. The van der Waals surface area contributed by atoms with Gasteiger partial charge in [0.15, 0.2) is 0 Å². The third-order valence-corrected chi connectivity index (χ3v) is 1.53. The first-order valence-electron chi connectivity index (χ1n) is 3.63. The monoisotopic (exact) mass is 205 g/mol. The van der Waals surface area contributed by atoms with E-state index < -0.39 is 24.1 Å². The lowest BCUT2D eigenvalue weighted by atomic mass is 10.1. The highest BCUT2D eigenvalue weighted by molar-refractivity contribution is 5.88. The summed E-state index contributed by atoms with van der Waals surface area (Å²) in [6, 6.07) is 1.05. The van der Waals surface area contributed by atoms with E-state index >= 15 is 0 Å². The molecular weight excluding hydrogens is 199 g/mol. The Morgan fingerprint density at radius 1 is 1.50 bits per heavy atom. The molecule has 14 heavy (non-hydrogen) atoms. The highest BCUT2D eigenvalue weighted by Crippen LogP contribution is 2.22. The van der Waals surface area contributed by atoms with Gasteiger partial charge in [-0.05, 0) is 11.6 Å². The third-order valence-electron chi connectivity index (χ3n) is 1.53. The molecule has 0 aromatic carbocycles. The zero-order valence-corrected chi connectivity index (χ0v) is 6.88. The lowest BCUT2D eigenvalue weighted by molar-refractivity contribution is -0.127. The second kappa shape index (κ2) is 3.65. The van der Waals surface area contributed by atoms with Gasteiger partial charge in [0.25, 0.3) is 0 Å². The number of pyridine rings is 1. The van der Waals surface area contributed by atoms with Crippen LogP contribution in [0, 0.1) is 0 Å². The molecule has 0 saturated carbocycles. The standard InChI is InChI=1S/C8H6F3NO2/c9-8(10,11)3-5-1-2-12-4-6(5)7(13)14/h1-2,4H,3H2,(H,13,14). The van der Waals surface area contributed by atoms with Crippen LogP contribution < -0.4 is 0 Å². The van der Waals surface area contributed by atoms with Gasteiger partial charge < -0.3 is 5.11 Å². The van der Waals surface area contributed by atoms with Gasteiger partial charge in [-0.1, -0.05) is 0 Å². The average molecular weight is 205 g/mol. The van der Waals surface area contributed by atoms with E-state index in [-0.39, 0.29) is 5.56 Å². The number of aromatic nitrogens is 1. The van der Waals surface area contributed by atoms with Gasteiger partial charge in [0.05, 0.1) is 12.0 Å². The van der Waals surface area contributed by atoms with Crippen LogP contribution in [0.3, 0.4) is 0 Å². The van der Waals surface area contributed by atoms with Crippen LogP contribution in [0.2, 0.25) is 0 Å². The second-order valence-electron chi connectivity index (χ2n) is 2.63. The smallest absolute Gasteiger partial charge is 0.393 e. The minimum atomic E-state index is -4.41. The predicted molar refractivity (Wildman–Crippen MR) is 41.0 cm³/mol. The van der Waals surface area contributed by atoms with Crippen LogP contribution in [0.15, 0.2) is 18.5 Å². The number of hydrogen-bond acceptors (Lipinski definition) is 2. The van der Waals surface area contributed by atoms with Gasteiger partial charge in [0.2, 0.25) is 0 Å². The number of carboxylic acid groups (broad SMARTS) is 1. The molecule has 6 heteroatoms. The van der Waals surface area contributed by atoms with Crippen LogP contribution in [-0.4, -0.2) is 22.2 Å². The summed E-state index contributed by atoms with van der Waals surface area (Å²) in [6.45, 7) is 0. The van der Waals surface area contributed by atoms with E-state index in [1.54, 1.807) is 0 Å². The van der Waals surface area contributed by atoms with Crippen LogP contribution >= 0.6 is 0 Å². The molecule has 0 aliphatic heterocycles. The molecule has 0 spiro atoms. The first-order chi connectivity index (χ1) is 6.40. The molecule has 1 aromatic rings. The fraction of sp³-hybridized carbons (Fsp3) is 0.250. The largest absolute Gasteiger partial charge is 0.478 e. The van der Waals surface area contributed by atoms with E-state index in [0.717, 1.165) is 18.5 Å². The average Bonchev–Trinajstić information content (AvgIpc) is 2.01. The molecular formula is C8H6F3NO2. The normalized spacial score (nSPS) is 11.4. The van der Waals surface area contributed by atoms with Crippen LogP contribution in [0.5, 0.6) is 0 Å². The zero-order valence-electron chi connectivity index (χ0n) is 6.88. The van der Waals surface area contributed by atoms with Gasteiger partial charge in [-0.15, -0.1) is 0 Å². The van der Waals surface area contributed by atoms with Crippen LogP contribution in [0.1, 0.15) is 15.9 Å². The second-order valence-corrected chi connectivity index (χ2v) is 2.63. The van der Waals surface area contributed by atoms with E-state index in [4.69, 9.17) is 5.11 Å². The van der Waals surface area contributed by atoms with Crippen LogP contribution in [-0.2, 0) is 6.42 Å². The van der Waals surface area contributed by atoms with Crippen molar-refractivity contribution >= 4 is 5.97 Å². The number of halogens is 3. The topological polar surface area (TPSA) is 50.2 Å². The van der Waals surface area contributed by atoms with Gasteiger partial charge >= 0.3 is 12.1 Å². The zero-order chi connectivity index (χ0) is 10.8. The molecule has 1 N–H and O–H groups in total. The minimum absolute atomic E-state index is 0.278. The fourth-order valence-corrected chi connectivity index (χ4v) is 0.986. The van der Waals surface area contributed by atoms with E-state index in [9.17, 15) is 18.0 Å². The summed E-state index contributed by atoms with van der Waals surface area (Å²) in [4.78, 5) is 13.9. The summed E-state index contributed by atoms with van der Waals surface area (Å²) in [6.07, 6.45) is -3.63. The Balaban J connectivity index is 3.02. The van der Waals surface area contributed by atoms with Crippen molar-refractivity contribution in [1.82, 2.24) is 4.98 Å². The maximum absolute atomic E-state index is 12.0. The minimum Gasteiger partial charge on any atom is -0.478 e. The Bertz CT molecular complexity index is 349.